The molecule has 252 valence electrons. The summed E-state index contributed by atoms with van der Waals surface area (Å²) >= 11 is 11.5. The Hall–Kier alpha value is -0.170. The van der Waals surface area contributed by atoms with E-state index < -0.39 is 121 Å². The van der Waals surface area contributed by atoms with Crippen molar-refractivity contribution in [3.63, 3.8) is 0 Å². The van der Waals surface area contributed by atoms with Crippen LogP contribution in [-0.2, 0) is 40.5 Å². The zero-order valence-electron chi connectivity index (χ0n) is 26.6. The first-order valence-electron chi connectivity index (χ1n) is 12.0. The number of fused-ring (bicyclic) bond motifs is 2. The Morgan fingerprint density at radius 2 is 1.27 bits per heavy atom. The summed E-state index contributed by atoms with van der Waals surface area (Å²) in [5.74, 6) is -1.96. The molecular formula is C23H10Cl2N6Na4O13S4. The summed E-state index contributed by atoms with van der Waals surface area (Å²) in [7, 11) is -21.5. The van der Waals surface area contributed by atoms with E-state index in [2.05, 4.69) is 30.5 Å². The van der Waals surface area contributed by atoms with Gasteiger partial charge in [0.1, 0.15) is 40.9 Å². The molecule has 0 spiro atoms. The molecule has 0 aliphatic heterocycles. The second-order valence-corrected chi connectivity index (χ2v) is 15.4. The molecule has 19 nitrogen and oxygen atoms in total. The molecule has 52 heavy (non-hydrogen) atoms. The van der Waals surface area contributed by atoms with E-state index in [9.17, 15) is 57.0 Å². The molecule has 0 saturated heterocycles. The van der Waals surface area contributed by atoms with Gasteiger partial charge in [0.15, 0.2) is 0 Å². The molecule has 0 saturated carbocycles. The first kappa shape index (κ1) is 49.8. The van der Waals surface area contributed by atoms with Gasteiger partial charge in [-0.25, -0.2) is 25.3 Å². The van der Waals surface area contributed by atoms with Gasteiger partial charge in [-0.3, -0.25) is 4.55 Å². The minimum atomic E-state index is -5.67. The number of hydrogen-bond acceptors (Lipinski definition) is 18. The summed E-state index contributed by atoms with van der Waals surface area (Å²) in [6, 6.07) is 6.18. The molecule has 0 atom stereocenters. The van der Waals surface area contributed by atoms with E-state index in [0.29, 0.717) is 18.2 Å². The van der Waals surface area contributed by atoms with E-state index in [1.165, 1.54) is 0 Å². The third kappa shape index (κ3) is 11.0. The zero-order chi connectivity index (χ0) is 35.6. The fraction of sp³-hybridized carbons (Fsp3) is 0. The van der Waals surface area contributed by atoms with Gasteiger partial charge >= 0.3 is 118 Å². The van der Waals surface area contributed by atoms with Crippen LogP contribution in [0.25, 0.3) is 21.5 Å². The van der Waals surface area contributed by atoms with Crippen LogP contribution in [0.2, 0.25) is 10.6 Å². The first-order chi connectivity index (χ1) is 22.1. The Balaban J connectivity index is 0.00000338. The van der Waals surface area contributed by atoms with Gasteiger partial charge in [-0.2, -0.15) is 23.4 Å². The summed E-state index contributed by atoms with van der Waals surface area (Å²) in [4.78, 5) is 6.46. The maximum Gasteiger partial charge on any atom is 1.00 e. The SMILES string of the molecule is O=S(=O)([O-])c1cc(Nc2nc(Cl)nc(Cl)n2)c2c([O-])c(N=Nc3ccc4c(S(=O)(=O)[O-])cccc4c3S(=O)(=O)O)c(S(=O)(=O)[O-])cc2c1.[Na+].[Na+].[Na+].[Na+]. The molecule has 0 amide bonds. The number of nitrogens with one attached hydrogen (secondary N) is 1. The topological polar surface area (TPSA) is 324 Å². The summed E-state index contributed by atoms with van der Waals surface area (Å²) in [6.45, 7) is 0. The van der Waals surface area contributed by atoms with Crippen LogP contribution in [0.3, 0.4) is 0 Å². The van der Waals surface area contributed by atoms with Crippen molar-refractivity contribution in [1.29, 1.82) is 0 Å². The van der Waals surface area contributed by atoms with Crippen LogP contribution in [0.4, 0.5) is 23.0 Å². The number of rotatable bonds is 8. The van der Waals surface area contributed by atoms with Crippen LogP contribution in [-0.4, -0.2) is 66.8 Å². The molecule has 0 bridgehead atoms. The number of hydrogen-bond donors (Lipinski definition) is 2. The Kier molecular flexibility index (Phi) is 17.6. The summed E-state index contributed by atoms with van der Waals surface area (Å²) in [5, 5.41) is 20.0. The third-order valence-corrected chi connectivity index (χ3v) is 10.1. The van der Waals surface area contributed by atoms with E-state index in [1.807, 2.05) is 0 Å². The molecule has 0 unspecified atom stereocenters. The number of aromatic nitrogens is 3. The standard InChI is InChI=1S/C23H14Cl2N6O13S4.4Na/c24-21-27-22(25)29-23(28-21)26-14-8-10(45(33,34)35)6-9-7-16(47(39,40)41)18(19(32)17(9)14)31-30-13-5-4-11-12(20(13)48(42,43)44)2-1-3-15(11)46(36,37)38;;;;/h1-8,32H,(H,33,34,35)(H,36,37,38)(H,39,40,41)(H,42,43,44)(H,26,27,28,29);;;;/q;4*+1/p-4. The molecule has 0 radical (unpaired) electrons. The first-order valence-corrected chi connectivity index (χ1v) is 18.5. The number of anilines is 2. The van der Waals surface area contributed by atoms with Crippen LogP contribution >= 0.6 is 23.2 Å². The van der Waals surface area contributed by atoms with Crippen molar-refractivity contribution in [2.24, 2.45) is 10.2 Å². The average Bonchev–Trinajstić information content (AvgIpc) is 2.93. The molecule has 0 fully saturated rings. The van der Waals surface area contributed by atoms with Gasteiger partial charge < -0.3 is 24.1 Å². The fourth-order valence-electron chi connectivity index (χ4n) is 4.44. The van der Waals surface area contributed by atoms with Crippen molar-refractivity contribution >= 4 is 108 Å². The van der Waals surface area contributed by atoms with E-state index in [1.54, 1.807) is 0 Å². The summed E-state index contributed by atoms with van der Waals surface area (Å²) in [6.07, 6.45) is 0. The van der Waals surface area contributed by atoms with E-state index in [-0.39, 0.29) is 118 Å². The van der Waals surface area contributed by atoms with Gasteiger partial charge in [0.05, 0.1) is 20.4 Å². The van der Waals surface area contributed by atoms with Crippen LogP contribution < -0.4 is 129 Å². The molecule has 1 heterocycles. The smallest absolute Gasteiger partial charge is 0.870 e. The number of nitrogens with zero attached hydrogens (tertiary/aromatic N) is 5. The van der Waals surface area contributed by atoms with Gasteiger partial charge in [0, 0.05) is 16.5 Å². The average molecular weight is 869 g/mol. The maximum absolute atomic E-state index is 13.8. The Labute approximate surface area is 392 Å². The molecule has 5 aromatic rings. The second kappa shape index (κ2) is 18.4. The maximum atomic E-state index is 13.8. The van der Waals surface area contributed by atoms with Gasteiger partial charge in [0.25, 0.3) is 10.1 Å². The van der Waals surface area contributed by atoms with Gasteiger partial charge in [-0.05, 0) is 64.3 Å². The van der Waals surface area contributed by atoms with E-state index >= 15 is 0 Å². The van der Waals surface area contributed by atoms with Crippen molar-refractivity contribution < 1.29 is 175 Å². The van der Waals surface area contributed by atoms with Crippen molar-refractivity contribution in [3.05, 3.63) is 59.1 Å². The fourth-order valence-corrected chi connectivity index (χ4v) is 7.50. The van der Waals surface area contributed by atoms with Crippen LogP contribution in [0.1, 0.15) is 0 Å². The summed E-state index contributed by atoms with van der Waals surface area (Å²) < 4.78 is 142. The predicted molar refractivity (Wildman–Crippen MR) is 158 cm³/mol. The molecular weight excluding hydrogens is 859 g/mol. The monoisotopic (exact) mass is 868 g/mol. The quantitative estimate of drug-likeness (QED) is 0.0831. The van der Waals surface area contributed by atoms with E-state index in [4.69, 9.17) is 23.2 Å². The zero-order valence-corrected chi connectivity index (χ0v) is 39.4. The molecule has 4 aromatic carbocycles. The second-order valence-electron chi connectivity index (χ2n) is 9.25. The third-order valence-electron chi connectivity index (χ3n) is 6.23. The van der Waals surface area contributed by atoms with E-state index in [0.717, 1.165) is 30.3 Å². The number of halogens is 2. The largest absolute Gasteiger partial charge is 1.00 e. The molecule has 29 heteroatoms. The van der Waals surface area contributed by atoms with Gasteiger partial charge in [-0.15, -0.1) is 10.2 Å². The van der Waals surface area contributed by atoms with Crippen molar-refractivity contribution in [2.75, 3.05) is 5.32 Å². The van der Waals surface area contributed by atoms with Gasteiger partial charge in [0.2, 0.25) is 16.5 Å². The van der Waals surface area contributed by atoms with Crippen LogP contribution in [0.5, 0.6) is 5.75 Å². The van der Waals surface area contributed by atoms with Crippen molar-refractivity contribution in [2.45, 2.75) is 19.6 Å². The number of azo groups is 1. The minimum absolute atomic E-state index is 0. The Bertz CT molecular complexity index is 2690. The molecule has 0 aliphatic rings. The van der Waals surface area contributed by atoms with Crippen molar-refractivity contribution in [3.8, 4) is 5.75 Å². The van der Waals surface area contributed by atoms with Gasteiger partial charge in [-0.1, -0.05) is 23.9 Å². The number of benzene rings is 4. The normalized spacial score (nSPS) is 12.0. The van der Waals surface area contributed by atoms with Crippen LogP contribution in [0.15, 0.2) is 78.3 Å². The summed E-state index contributed by atoms with van der Waals surface area (Å²) in [5.41, 5.74) is -2.66. The van der Waals surface area contributed by atoms with Crippen LogP contribution in [0, 0.1) is 0 Å². The predicted octanol–water partition coefficient (Wildman–Crippen LogP) is -9.31. The molecule has 2 N–H and O–H groups in total. The molecule has 0 aliphatic carbocycles. The Morgan fingerprint density at radius 1 is 0.692 bits per heavy atom. The molecule has 5 rings (SSSR count). The Morgan fingerprint density at radius 3 is 1.79 bits per heavy atom. The molecule has 1 aromatic heterocycles. The van der Waals surface area contributed by atoms with Crippen molar-refractivity contribution in [1.82, 2.24) is 15.0 Å². The minimum Gasteiger partial charge on any atom is -0.870 e.